The van der Waals surface area contributed by atoms with Crippen molar-refractivity contribution in [2.75, 3.05) is 7.11 Å². The number of aromatic amines is 1. The number of benzene rings is 1. The van der Waals surface area contributed by atoms with Crippen molar-refractivity contribution in [3.05, 3.63) is 35.7 Å². The minimum Gasteiger partial charge on any atom is -0.692 e. The van der Waals surface area contributed by atoms with Gasteiger partial charge < -0.3 is 9.94 Å². The number of para-hydroxylation sites is 1. The third-order valence-corrected chi connectivity index (χ3v) is 1.94. The normalized spacial score (nSPS) is 10.1. The van der Waals surface area contributed by atoms with Gasteiger partial charge in [0.25, 0.3) is 0 Å². The van der Waals surface area contributed by atoms with Crippen molar-refractivity contribution in [1.29, 1.82) is 0 Å². The van der Waals surface area contributed by atoms with Gasteiger partial charge in [-0.1, -0.05) is 17.3 Å². The molecule has 0 atom stereocenters. The summed E-state index contributed by atoms with van der Waals surface area (Å²) in [7, 11) is 1.56. The summed E-state index contributed by atoms with van der Waals surface area (Å²) in [6.07, 6.45) is 1.46. The van der Waals surface area contributed by atoms with E-state index in [4.69, 9.17) is 4.74 Å². The quantitative estimate of drug-likeness (QED) is 0.561. The van der Waals surface area contributed by atoms with Gasteiger partial charge in [-0.3, -0.25) is 0 Å². The summed E-state index contributed by atoms with van der Waals surface area (Å²) in [5.41, 5.74) is 1.17. The first-order chi connectivity index (χ1) is 6.83. The third kappa shape index (κ3) is 1.28. The van der Waals surface area contributed by atoms with Gasteiger partial charge >= 0.3 is 0 Å². The van der Waals surface area contributed by atoms with Gasteiger partial charge in [-0.15, -0.1) is 0 Å². The van der Waals surface area contributed by atoms with Crippen LogP contribution in [0.1, 0.15) is 0 Å². The van der Waals surface area contributed by atoms with E-state index in [0.29, 0.717) is 16.3 Å². The van der Waals surface area contributed by atoms with E-state index in [-0.39, 0.29) is 0 Å². The van der Waals surface area contributed by atoms with Gasteiger partial charge in [0.1, 0.15) is 5.75 Å². The Morgan fingerprint density at radius 1 is 1.43 bits per heavy atom. The third-order valence-electron chi connectivity index (χ3n) is 1.94. The fourth-order valence-electron chi connectivity index (χ4n) is 1.28. The molecule has 1 heterocycles. The first-order valence-corrected chi connectivity index (χ1v) is 4.09. The van der Waals surface area contributed by atoms with Crippen LogP contribution in [0.3, 0.4) is 0 Å². The highest BCUT2D eigenvalue weighted by Gasteiger charge is 2.12. The second-order valence-corrected chi connectivity index (χ2v) is 2.74. The van der Waals surface area contributed by atoms with Crippen LogP contribution in [-0.4, -0.2) is 17.4 Å². The van der Waals surface area contributed by atoms with Crippen LogP contribution in [0.2, 0.25) is 0 Å². The van der Waals surface area contributed by atoms with E-state index in [1.807, 2.05) is 12.1 Å². The molecule has 0 aliphatic carbocycles. The number of methoxy groups -OCH3 is 1. The fourth-order valence-corrected chi connectivity index (χ4v) is 1.28. The van der Waals surface area contributed by atoms with E-state index in [1.165, 1.54) is 6.20 Å². The fraction of sp³-hybridized carbons (Fsp3) is 0.111. The summed E-state index contributed by atoms with van der Waals surface area (Å²) >= 11 is 0. The van der Waals surface area contributed by atoms with Crippen molar-refractivity contribution in [3.63, 3.8) is 0 Å². The average molecular weight is 191 g/mol. The maximum Gasteiger partial charge on any atom is 0.214 e. The molecule has 72 valence electrons. The van der Waals surface area contributed by atoms with Crippen LogP contribution in [0, 0.1) is 5.21 Å². The monoisotopic (exact) mass is 191 g/mol. The number of hydrogen-bond acceptors (Lipinski definition) is 3. The Balaban J connectivity index is 2.56. The average Bonchev–Trinajstić information content (AvgIpc) is 2.64. The lowest BCUT2D eigenvalue weighted by Crippen LogP contribution is -2.30. The van der Waals surface area contributed by atoms with Gasteiger partial charge in [-0.2, -0.15) is 4.85 Å². The number of nitrogens with one attached hydrogen (secondary N) is 1. The summed E-state index contributed by atoms with van der Waals surface area (Å²) < 4.78 is 5.13. The van der Waals surface area contributed by atoms with Crippen molar-refractivity contribution in [2.24, 2.45) is 0 Å². The highest BCUT2D eigenvalue weighted by Crippen LogP contribution is 2.25. The van der Waals surface area contributed by atoms with Gasteiger partial charge in [-0.05, 0) is 12.1 Å². The number of ether oxygens (including phenoxy) is 1. The molecule has 1 aromatic carbocycles. The van der Waals surface area contributed by atoms with Crippen LogP contribution in [0.15, 0.2) is 30.5 Å². The molecule has 14 heavy (non-hydrogen) atoms. The minimum absolute atomic E-state index is 0.447. The summed E-state index contributed by atoms with van der Waals surface area (Å²) in [6.45, 7) is 0. The number of aromatic nitrogens is 3. The lowest BCUT2D eigenvalue weighted by molar-refractivity contribution is -0.658. The Morgan fingerprint density at radius 3 is 2.86 bits per heavy atom. The second-order valence-electron chi connectivity index (χ2n) is 2.74. The molecule has 0 saturated heterocycles. The van der Waals surface area contributed by atoms with Gasteiger partial charge in [0.15, 0.2) is 0 Å². The molecular weight excluding hydrogens is 182 g/mol. The van der Waals surface area contributed by atoms with E-state index in [9.17, 15) is 5.21 Å². The van der Waals surface area contributed by atoms with E-state index in [1.54, 1.807) is 19.2 Å². The SMILES string of the molecule is COc1ccccc1-c1cn[nH][n+]1[O-]. The Kier molecular flexibility index (Phi) is 2.06. The zero-order chi connectivity index (χ0) is 9.97. The summed E-state index contributed by atoms with van der Waals surface area (Å²) in [5, 5.41) is 17.1. The molecule has 1 N–H and O–H groups in total. The Bertz CT molecular complexity index is 439. The molecule has 0 radical (unpaired) electrons. The molecule has 0 aliphatic heterocycles. The van der Waals surface area contributed by atoms with Crippen LogP contribution in [0.5, 0.6) is 5.75 Å². The van der Waals surface area contributed by atoms with Crippen molar-refractivity contribution in [2.45, 2.75) is 0 Å². The molecule has 0 unspecified atom stereocenters. The van der Waals surface area contributed by atoms with E-state index < -0.39 is 0 Å². The van der Waals surface area contributed by atoms with Gasteiger partial charge in [0, 0.05) is 5.10 Å². The number of hydrogen-bond donors (Lipinski definition) is 1. The standard InChI is InChI=1S/C9H9N3O2/c1-14-9-5-3-2-4-7(9)8-6-10-11-12(8)13/h2-6,11H,1H3. The Labute approximate surface area is 80.5 Å². The first-order valence-electron chi connectivity index (χ1n) is 4.09. The molecule has 0 saturated carbocycles. The van der Waals surface area contributed by atoms with Crippen LogP contribution < -0.4 is 9.58 Å². The number of H-pyrrole nitrogens is 1. The zero-order valence-electron chi connectivity index (χ0n) is 7.60. The van der Waals surface area contributed by atoms with Crippen molar-refractivity contribution >= 4 is 0 Å². The predicted octanol–water partition coefficient (Wildman–Crippen LogP) is 0.719. The van der Waals surface area contributed by atoms with Crippen LogP contribution in [0.25, 0.3) is 11.3 Å². The van der Waals surface area contributed by atoms with Crippen LogP contribution in [0.4, 0.5) is 0 Å². The van der Waals surface area contributed by atoms with E-state index in [0.717, 1.165) is 5.56 Å². The molecule has 2 rings (SSSR count). The Hall–Kier alpha value is -2.04. The van der Waals surface area contributed by atoms with Crippen LogP contribution >= 0.6 is 0 Å². The highest BCUT2D eigenvalue weighted by atomic mass is 16.5. The van der Waals surface area contributed by atoms with E-state index >= 15 is 0 Å². The molecule has 0 spiro atoms. The van der Waals surface area contributed by atoms with Gasteiger partial charge in [-0.25, -0.2) is 0 Å². The smallest absolute Gasteiger partial charge is 0.214 e. The molecule has 0 aliphatic rings. The van der Waals surface area contributed by atoms with Crippen LogP contribution in [-0.2, 0) is 0 Å². The molecule has 2 aromatic rings. The number of rotatable bonds is 2. The maximum atomic E-state index is 11.2. The minimum atomic E-state index is 0.447. The topological polar surface area (TPSA) is 64.8 Å². The maximum absolute atomic E-state index is 11.2. The first kappa shape index (κ1) is 8.55. The molecule has 0 fully saturated rings. The second kappa shape index (κ2) is 3.37. The Morgan fingerprint density at radius 2 is 2.21 bits per heavy atom. The predicted molar refractivity (Wildman–Crippen MR) is 49.5 cm³/mol. The molecule has 5 heteroatoms. The van der Waals surface area contributed by atoms with Crippen molar-refractivity contribution < 1.29 is 9.58 Å². The highest BCUT2D eigenvalue weighted by molar-refractivity contribution is 5.63. The summed E-state index contributed by atoms with van der Waals surface area (Å²) in [4.78, 5) is 0.595. The summed E-state index contributed by atoms with van der Waals surface area (Å²) in [5.74, 6) is 0.651. The molecular formula is C9H9N3O2. The van der Waals surface area contributed by atoms with Gasteiger partial charge in [0.05, 0.1) is 12.7 Å². The molecule has 5 nitrogen and oxygen atoms in total. The van der Waals surface area contributed by atoms with Crippen molar-refractivity contribution in [1.82, 2.24) is 10.3 Å². The zero-order valence-corrected chi connectivity index (χ0v) is 7.60. The lowest BCUT2D eigenvalue weighted by Gasteiger charge is -2.06. The summed E-state index contributed by atoms with van der Waals surface area (Å²) in [6, 6.07) is 7.28. The largest absolute Gasteiger partial charge is 0.692 e. The molecule has 0 amide bonds. The molecule has 0 bridgehead atoms. The lowest BCUT2D eigenvalue weighted by atomic mass is 10.1. The molecule has 1 aromatic heterocycles. The number of nitrogens with zero attached hydrogens (tertiary/aromatic N) is 2. The van der Waals surface area contributed by atoms with Gasteiger partial charge in [0.2, 0.25) is 11.9 Å². The van der Waals surface area contributed by atoms with Crippen molar-refractivity contribution in [3.8, 4) is 17.0 Å². The van der Waals surface area contributed by atoms with E-state index in [2.05, 4.69) is 10.3 Å².